The van der Waals surface area contributed by atoms with Crippen LogP contribution in [0.15, 0.2) is 48.5 Å². The lowest BCUT2D eigenvalue weighted by Crippen LogP contribution is -2.38. The summed E-state index contributed by atoms with van der Waals surface area (Å²) in [6.07, 6.45) is 0.182. The summed E-state index contributed by atoms with van der Waals surface area (Å²) < 4.78 is 10.6. The molecule has 0 aliphatic carbocycles. The lowest BCUT2D eigenvalue weighted by atomic mass is 10.1. The van der Waals surface area contributed by atoms with Crippen LogP contribution in [0.25, 0.3) is 0 Å². The Labute approximate surface area is 159 Å². The van der Waals surface area contributed by atoms with Crippen LogP contribution in [0.3, 0.4) is 0 Å². The van der Waals surface area contributed by atoms with Crippen molar-refractivity contribution in [2.75, 3.05) is 14.2 Å². The molecule has 2 rings (SSSR count). The van der Waals surface area contributed by atoms with Crippen molar-refractivity contribution in [2.24, 2.45) is 0 Å². The van der Waals surface area contributed by atoms with Crippen molar-refractivity contribution in [1.29, 1.82) is 0 Å². The summed E-state index contributed by atoms with van der Waals surface area (Å²) in [6, 6.07) is 13.9. The molecule has 0 aliphatic heterocycles. The van der Waals surface area contributed by atoms with E-state index in [9.17, 15) is 9.59 Å². The van der Waals surface area contributed by atoms with Gasteiger partial charge >= 0.3 is 0 Å². The third-order valence-electron chi connectivity index (χ3n) is 4.19. The third-order valence-corrected chi connectivity index (χ3v) is 4.19. The minimum atomic E-state index is -0.289. The van der Waals surface area contributed by atoms with Crippen LogP contribution < -0.4 is 20.1 Å². The van der Waals surface area contributed by atoms with Crippen molar-refractivity contribution >= 4 is 11.8 Å². The van der Waals surface area contributed by atoms with Crippen LogP contribution in [0, 0.1) is 0 Å². The second-order valence-electron chi connectivity index (χ2n) is 6.34. The number of carbonyl (C=O) groups is 2. The van der Waals surface area contributed by atoms with Gasteiger partial charge in [0, 0.05) is 29.7 Å². The van der Waals surface area contributed by atoms with Crippen LogP contribution in [0.5, 0.6) is 11.5 Å². The molecule has 2 N–H and O–H groups in total. The van der Waals surface area contributed by atoms with Gasteiger partial charge in [0.25, 0.3) is 5.91 Å². The summed E-state index contributed by atoms with van der Waals surface area (Å²) in [5.41, 5.74) is 1.42. The van der Waals surface area contributed by atoms with Crippen LogP contribution in [-0.2, 0) is 4.79 Å². The molecular formula is C21H26N2O4. The van der Waals surface area contributed by atoms with Crippen LogP contribution >= 0.6 is 0 Å². The summed E-state index contributed by atoms with van der Waals surface area (Å²) >= 11 is 0. The zero-order chi connectivity index (χ0) is 19.8. The monoisotopic (exact) mass is 370 g/mol. The fourth-order valence-corrected chi connectivity index (χ4v) is 2.78. The third kappa shape index (κ3) is 5.74. The van der Waals surface area contributed by atoms with E-state index >= 15 is 0 Å². The molecule has 6 heteroatoms. The highest BCUT2D eigenvalue weighted by atomic mass is 16.5. The van der Waals surface area contributed by atoms with E-state index < -0.39 is 0 Å². The van der Waals surface area contributed by atoms with E-state index in [2.05, 4.69) is 10.6 Å². The first-order chi connectivity index (χ1) is 12.9. The van der Waals surface area contributed by atoms with Crippen LogP contribution in [0.2, 0.25) is 0 Å². The number of nitrogens with one attached hydrogen (secondary N) is 2. The van der Waals surface area contributed by atoms with E-state index in [4.69, 9.17) is 9.47 Å². The van der Waals surface area contributed by atoms with Gasteiger partial charge in [0.05, 0.1) is 20.3 Å². The van der Waals surface area contributed by atoms with Crippen molar-refractivity contribution in [1.82, 2.24) is 10.6 Å². The number of methoxy groups -OCH3 is 2. The van der Waals surface area contributed by atoms with Gasteiger partial charge in [-0.25, -0.2) is 0 Å². The smallest absolute Gasteiger partial charge is 0.251 e. The van der Waals surface area contributed by atoms with Crippen molar-refractivity contribution < 1.29 is 19.1 Å². The zero-order valence-corrected chi connectivity index (χ0v) is 16.1. The molecule has 0 aromatic heterocycles. The van der Waals surface area contributed by atoms with Crippen molar-refractivity contribution in [3.05, 3.63) is 59.7 Å². The van der Waals surface area contributed by atoms with Crippen LogP contribution in [-0.4, -0.2) is 32.1 Å². The van der Waals surface area contributed by atoms with E-state index in [0.717, 1.165) is 5.56 Å². The number of amides is 2. The molecule has 6 nitrogen and oxygen atoms in total. The van der Waals surface area contributed by atoms with Gasteiger partial charge in [-0.2, -0.15) is 0 Å². The normalized spacial score (nSPS) is 12.6. The number of hydrogen-bond acceptors (Lipinski definition) is 4. The molecular weight excluding hydrogens is 344 g/mol. The Balaban J connectivity index is 1.92. The van der Waals surface area contributed by atoms with Gasteiger partial charge in [0.15, 0.2) is 0 Å². The molecule has 0 radical (unpaired) electrons. The molecule has 0 fully saturated rings. The van der Waals surface area contributed by atoms with E-state index in [-0.39, 0.29) is 30.3 Å². The van der Waals surface area contributed by atoms with Gasteiger partial charge < -0.3 is 20.1 Å². The van der Waals surface area contributed by atoms with Gasteiger partial charge in [-0.15, -0.1) is 0 Å². The van der Waals surface area contributed by atoms with Gasteiger partial charge in [0.1, 0.15) is 11.5 Å². The maximum absolute atomic E-state index is 12.4. The number of carbonyl (C=O) groups excluding carboxylic acids is 2. The van der Waals surface area contributed by atoms with E-state index in [1.807, 2.05) is 25.1 Å². The molecule has 0 saturated heterocycles. The molecule has 2 amide bonds. The Morgan fingerprint density at radius 2 is 1.67 bits per heavy atom. The van der Waals surface area contributed by atoms with E-state index in [1.165, 1.54) is 0 Å². The maximum atomic E-state index is 12.4. The summed E-state index contributed by atoms with van der Waals surface area (Å²) in [7, 11) is 3.17. The molecule has 0 aliphatic rings. The maximum Gasteiger partial charge on any atom is 0.251 e. The van der Waals surface area contributed by atoms with Crippen molar-refractivity contribution in [2.45, 2.75) is 32.4 Å². The zero-order valence-electron chi connectivity index (χ0n) is 16.1. The van der Waals surface area contributed by atoms with E-state index in [0.29, 0.717) is 17.1 Å². The Hall–Kier alpha value is -3.02. The molecule has 0 saturated carbocycles. The molecule has 2 aromatic rings. The number of ether oxygens (including phenoxy) is 2. The summed E-state index contributed by atoms with van der Waals surface area (Å²) in [5.74, 6) is 0.987. The van der Waals surface area contributed by atoms with Crippen LogP contribution in [0.1, 0.15) is 42.2 Å². The van der Waals surface area contributed by atoms with Crippen molar-refractivity contribution in [3.8, 4) is 11.5 Å². The van der Waals surface area contributed by atoms with Crippen molar-refractivity contribution in [3.63, 3.8) is 0 Å². The fourth-order valence-electron chi connectivity index (χ4n) is 2.78. The first kappa shape index (κ1) is 20.3. The summed E-state index contributed by atoms with van der Waals surface area (Å²) in [6.45, 7) is 3.69. The Kier molecular flexibility index (Phi) is 7.23. The predicted octanol–water partition coefficient (Wildman–Crippen LogP) is 3.09. The second-order valence-corrected chi connectivity index (χ2v) is 6.34. The van der Waals surface area contributed by atoms with Gasteiger partial charge in [0.2, 0.25) is 5.91 Å². The summed E-state index contributed by atoms with van der Waals surface area (Å²) in [4.78, 5) is 24.5. The fraction of sp³-hybridized carbons (Fsp3) is 0.333. The quantitative estimate of drug-likeness (QED) is 0.749. The Bertz CT molecular complexity index is 777. The molecule has 0 heterocycles. The molecule has 2 unspecified atom stereocenters. The topological polar surface area (TPSA) is 76.7 Å². The molecule has 0 spiro atoms. The molecule has 2 atom stereocenters. The van der Waals surface area contributed by atoms with Gasteiger partial charge in [-0.1, -0.05) is 18.2 Å². The van der Waals surface area contributed by atoms with Gasteiger partial charge in [-0.05, 0) is 38.1 Å². The first-order valence-corrected chi connectivity index (χ1v) is 8.81. The lowest BCUT2D eigenvalue weighted by molar-refractivity contribution is -0.122. The highest BCUT2D eigenvalue weighted by Gasteiger charge is 2.18. The largest absolute Gasteiger partial charge is 0.497 e. The number of rotatable bonds is 8. The standard InChI is InChI=1S/C21H26N2O4/c1-14(22-21(25)16-8-6-5-7-9-16)12-20(24)23-15(2)18-11-10-17(26-3)13-19(18)27-4/h5-11,13-15H,12H2,1-4H3,(H,22,25)(H,23,24). The number of hydrogen-bond donors (Lipinski definition) is 2. The molecule has 144 valence electrons. The highest BCUT2D eigenvalue weighted by Crippen LogP contribution is 2.29. The first-order valence-electron chi connectivity index (χ1n) is 8.81. The highest BCUT2D eigenvalue weighted by molar-refractivity contribution is 5.94. The molecule has 2 aromatic carbocycles. The molecule has 0 bridgehead atoms. The predicted molar refractivity (Wildman–Crippen MR) is 104 cm³/mol. The SMILES string of the molecule is COc1ccc(C(C)NC(=O)CC(C)NC(=O)c2ccccc2)c(OC)c1. The molecule has 27 heavy (non-hydrogen) atoms. The minimum absolute atomic E-state index is 0.152. The van der Waals surface area contributed by atoms with E-state index in [1.54, 1.807) is 51.5 Å². The average Bonchev–Trinajstić information content (AvgIpc) is 2.67. The lowest BCUT2D eigenvalue weighted by Gasteiger charge is -2.20. The summed E-state index contributed by atoms with van der Waals surface area (Å²) in [5, 5.41) is 5.78. The van der Waals surface area contributed by atoms with Gasteiger partial charge in [-0.3, -0.25) is 9.59 Å². The van der Waals surface area contributed by atoms with Crippen LogP contribution in [0.4, 0.5) is 0 Å². The Morgan fingerprint density at radius 3 is 2.30 bits per heavy atom. The number of benzene rings is 2. The average molecular weight is 370 g/mol. The second kappa shape index (κ2) is 9.62. The minimum Gasteiger partial charge on any atom is -0.497 e. The Morgan fingerprint density at radius 1 is 0.963 bits per heavy atom.